The Bertz CT molecular complexity index is 1340. The fraction of sp³-hybridized carbons (Fsp3) is 0.167. The highest BCUT2D eigenvalue weighted by Gasteiger charge is 2.28. The van der Waals surface area contributed by atoms with E-state index in [4.69, 9.17) is 14.2 Å². The number of amides is 2. The second-order valence-corrected chi connectivity index (χ2v) is 9.45. The molecule has 0 saturated carbocycles. The minimum Gasteiger partial charge on any atom is -0.495 e. The summed E-state index contributed by atoms with van der Waals surface area (Å²) < 4.78 is 43.5. The third-order valence-electron chi connectivity index (χ3n) is 5.30. The van der Waals surface area contributed by atoms with E-state index < -0.39 is 27.9 Å². The summed E-state index contributed by atoms with van der Waals surface area (Å²) in [5, 5.41) is 0. The highest BCUT2D eigenvalue weighted by molar-refractivity contribution is 7.92. The largest absolute Gasteiger partial charge is 0.495 e. The fourth-order valence-electron chi connectivity index (χ4n) is 3.38. The highest BCUT2D eigenvalue weighted by Crippen LogP contribution is 2.31. The number of nitrogens with zero attached hydrogens (tertiary/aromatic N) is 1. The monoisotopic (exact) mass is 497 g/mol. The standard InChI is InChI=1S/C24H23N3O7S/c1-27(18-7-3-4-8-19(18)32-2)35(30,31)17-13-11-16(12-14-17)23(28)25-26-24(29)22-15-33-20-9-5-6-10-21(20)34-22/h3-14,22H,15H2,1-2H3,(H,25,28)(H,26,29)/t22-/m1/s1. The van der Waals surface area contributed by atoms with Crippen LogP contribution < -0.4 is 29.4 Å². The van der Waals surface area contributed by atoms with Gasteiger partial charge in [-0.25, -0.2) is 8.42 Å². The van der Waals surface area contributed by atoms with Crippen molar-refractivity contribution in [1.82, 2.24) is 10.9 Å². The Balaban J connectivity index is 1.38. The van der Waals surface area contributed by atoms with Gasteiger partial charge in [0.2, 0.25) is 6.10 Å². The Morgan fingerprint density at radius 3 is 2.31 bits per heavy atom. The molecule has 0 bridgehead atoms. The summed E-state index contributed by atoms with van der Waals surface area (Å²) in [4.78, 5) is 24.8. The van der Waals surface area contributed by atoms with Crippen LogP contribution in [0.3, 0.4) is 0 Å². The predicted octanol–water partition coefficient (Wildman–Crippen LogP) is 2.12. The molecule has 0 unspecified atom stereocenters. The number of anilines is 1. The number of rotatable bonds is 6. The van der Waals surface area contributed by atoms with Crippen molar-refractivity contribution in [1.29, 1.82) is 0 Å². The lowest BCUT2D eigenvalue weighted by molar-refractivity contribution is -0.131. The molecule has 35 heavy (non-hydrogen) atoms. The van der Waals surface area contributed by atoms with E-state index in [9.17, 15) is 18.0 Å². The van der Waals surface area contributed by atoms with E-state index in [1.54, 1.807) is 48.5 Å². The van der Waals surface area contributed by atoms with Crippen molar-refractivity contribution in [3.8, 4) is 17.2 Å². The van der Waals surface area contributed by atoms with Crippen molar-refractivity contribution in [2.24, 2.45) is 0 Å². The number of ether oxygens (including phenoxy) is 3. The Kier molecular flexibility index (Phi) is 6.78. The molecule has 0 aromatic heterocycles. The second kappa shape index (κ2) is 9.94. The molecule has 2 amide bonds. The van der Waals surface area contributed by atoms with E-state index in [-0.39, 0.29) is 17.1 Å². The molecule has 1 aliphatic rings. The average Bonchev–Trinajstić information content (AvgIpc) is 2.90. The zero-order valence-electron chi connectivity index (χ0n) is 18.9. The van der Waals surface area contributed by atoms with Gasteiger partial charge in [-0.15, -0.1) is 0 Å². The van der Waals surface area contributed by atoms with Gasteiger partial charge in [0.25, 0.3) is 21.8 Å². The van der Waals surface area contributed by atoms with Gasteiger partial charge in [0.1, 0.15) is 12.4 Å². The Labute approximate surface area is 202 Å². The summed E-state index contributed by atoms with van der Waals surface area (Å²) in [6, 6.07) is 19.0. The number of carbonyl (C=O) groups is 2. The van der Waals surface area contributed by atoms with Crippen molar-refractivity contribution >= 4 is 27.5 Å². The number of methoxy groups -OCH3 is 1. The van der Waals surface area contributed by atoms with Gasteiger partial charge in [0, 0.05) is 12.6 Å². The van der Waals surface area contributed by atoms with Crippen LogP contribution in [0.5, 0.6) is 17.2 Å². The molecule has 0 spiro atoms. The molecule has 3 aromatic rings. The van der Waals surface area contributed by atoms with E-state index in [2.05, 4.69) is 10.9 Å². The Morgan fingerprint density at radius 2 is 1.60 bits per heavy atom. The van der Waals surface area contributed by atoms with Gasteiger partial charge in [0.15, 0.2) is 11.5 Å². The molecule has 1 heterocycles. The molecule has 11 heteroatoms. The lowest BCUT2D eigenvalue weighted by atomic mass is 10.2. The first kappa shape index (κ1) is 23.9. The second-order valence-electron chi connectivity index (χ2n) is 7.48. The molecule has 1 atom stereocenters. The topological polar surface area (TPSA) is 123 Å². The smallest absolute Gasteiger partial charge is 0.283 e. The molecule has 0 fully saturated rings. The normalized spacial score (nSPS) is 14.5. The predicted molar refractivity (Wildman–Crippen MR) is 127 cm³/mol. The number of nitrogens with one attached hydrogen (secondary N) is 2. The molecule has 3 aromatic carbocycles. The summed E-state index contributed by atoms with van der Waals surface area (Å²) in [6.45, 7) is -0.00894. The van der Waals surface area contributed by atoms with E-state index >= 15 is 0 Å². The zero-order chi connectivity index (χ0) is 25.0. The number of benzene rings is 3. The summed E-state index contributed by atoms with van der Waals surface area (Å²) in [7, 11) is -1.04. The van der Waals surface area contributed by atoms with Crippen LogP contribution >= 0.6 is 0 Å². The Morgan fingerprint density at radius 1 is 0.943 bits per heavy atom. The summed E-state index contributed by atoms with van der Waals surface area (Å²) in [5.41, 5.74) is 5.11. The number of fused-ring (bicyclic) bond motifs is 1. The molecule has 10 nitrogen and oxygen atoms in total. The first-order valence-corrected chi connectivity index (χ1v) is 12.0. The summed E-state index contributed by atoms with van der Waals surface area (Å²) in [5.74, 6) is 0.149. The maximum Gasteiger partial charge on any atom is 0.283 e. The molecule has 182 valence electrons. The van der Waals surface area contributed by atoms with Crippen molar-refractivity contribution in [2.45, 2.75) is 11.0 Å². The first-order valence-electron chi connectivity index (χ1n) is 10.5. The van der Waals surface area contributed by atoms with Gasteiger partial charge in [0.05, 0.1) is 17.7 Å². The van der Waals surface area contributed by atoms with Crippen molar-refractivity contribution in [3.05, 3.63) is 78.4 Å². The molecular weight excluding hydrogens is 474 g/mol. The number of hydrogen-bond acceptors (Lipinski definition) is 7. The van der Waals surface area contributed by atoms with Crippen LogP contribution in [0.15, 0.2) is 77.7 Å². The van der Waals surface area contributed by atoms with E-state index in [1.807, 2.05) is 0 Å². The van der Waals surface area contributed by atoms with Crippen LogP contribution in [0.2, 0.25) is 0 Å². The van der Waals surface area contributed by atoms with Crippen LogP contribution in [0, 0.1) is 0 Å². The van der Waals surface area contributed by atoms with Gasteiger partial charge >= 0.3 is 0 Å². The maximum atomic E-state index is 13.0. The molecule has 0 aliphatic carbocycles. The van der Waals surface area contributed by atoms with E-state index in [0.717, 1.165) is 4.31 Å². The quantitative estimate of drug-likeness (QED) is 0.500. The first-order chi connectivity index (χ1) is 16.8. The lowest BCUT2D eigenvalue weighted by Crippen LogP contribution is -2.50. The number of hydrazine groups is 1. The van der Waals surface area contributed by atoms with Crippen LogP contribution in [0.1, 0.15) is 10.4 Å². The van der Waals surface area contributed by atoms with Crippen molar-refractivity contribution in [3.63, 3.8) is 0 Å². The minimum atomic E-state index is -3.91. The number of hydrogen-bond donors (Lipinski definition) is 2. The third-order valence-corrected chi connectivity index (χ3v) is 7.09. The molecule has 0 saturated heterocycles. The lowest BCUT2D eigenvalue weighted by Gasteiger charge is -2.25. The maximum absolute atomic E-state index is 13.0. The molecule has 0 radical (unpaired) electrons. The minimum absolute atomic E-state index is 0.00894. The van der Waals surface area contributed by atoms with E-state index in [1.165, 1.54) is 38.4 Å². The molecule has 4 rings (SSSR count). The highest BCUT2D eigenvalue weighted by atomic mass is 32.2. The number of para-hydroxylation sites is 4. The van der Waals surface area contributed by atoms with Gasteiger partial charge < -0.3 is 14.2 Å². The Hall–Kier alpha value is -4.25. The van der Waals surface area contributed by atoms with Gasteiger partial charge in [-0.3, -0.25) is 24.7 Å². The van der Waals surface area contributed by atoms with Crippen LogP contribution in [0.4, 0.5) is 5.69 Å². The summed E-state index contributed by atoms with van der Waals surface area (Å²) in [6.07, 6.45) is -0.941. The SMILES string of the molecule is COc1ccccc1N(C)S(=O)(=O)c1ccc(C(=O)NNC(=O)[C@H]2COc3ccccc3O2)cc1. The third kappa shape index (κ3) is 4.99. The van der Waals surface area contributed by atoms with Gasteiger partial charge in [-0.05, 0) is 48.5 Å². The van der Waals surface area contributed by atoms with Crippen molar-refractivity contribution < 1.29 is 32.2 Å². The average molecular weight is 498 g/mol. The van der Waals surface area contributed by atoms with Crippen LogP contribution in [-0.4, -0.2) is 47.1 Å². The summed E-state index contributed by atoms with van der Waals surface area (Å²) >= 11 is 0. The number of sulfonamides is 1. The van der Waals surface area contributed by atoms with Crippen LogP contribution in [-0.2, 0) is 14.8 Å². The van der Waals surface area contributed by atoms with E-state index in [0.29, 0.717) is 22.9 Å². The van der Waals surface area contributed by atoms with Gasteiger partial charge in [-0.1, -0.05) is 24.3 Å². The number of carbonyl (C=O) groups excluding carboxylic acids is 2. The molecule has 2 N–H and O–H groups in total. The zero-order valence-corrected chi connectivity index (χ0v) is 19.7. The van der Waals surface area contributed by atoms with Crippen molar-refractivity contribution in [2.75, 3.05) is 25.1 Å². The molecule has 1 aliphatic heterocycles. The van der Waals surface area contributed by atoms with Gasteiger partial charge in [-0.2, -0.15) is 0 Å². The molecular formula is C24H23N3O7S. The fourth-order valence-corrected chi connectivity index (χ4v) is 4.58. The van der Waals surface area contributed by atoms with Crippen LogP contribution in [0.25, 0.3) is 0 Å².